The van der Waals surface area contributed by atoms with Crippen LogP contribution in [0.15, 0.2) is 12.1 Å². The van der Waals surface area contributed by atoms with Crippen molar-refractivity contribution in [1.29, 1.82) is 0 Å². The predicted molar refractivity (Wildman–Crippen MR) is 98.5 cm³/mol. The number of carbonyl (C=O) groups excluding carboxylic acids is 1. The Kier molecular flexibility index (Phi) is 8.93. The molecule has 6 heteroatoms. The summed E-state index contributed by atoms with van der Waals surface area (Å²) in [6.07, 6.45) is 0. The van der Waals surface area contributed by atoms with Gasteiger partial charge in [-0.25, -0.2) is 0 Å². The summed E-state index contributed by atoms with van der Waals surface area (Å²) in [5, 5.41) is 3.29. The molecule has 0 aliphatic heterocycles. The average Bonchev–Trinajstić information content (AvgIpc) is 2.56. The third-order valence-corrected chi connectivity index (χ3v) is 3.94. The minimum atomic E-state index is -0.169. The molecule has 1 aromatic rings. The minimum Gasteiger partial charge on any atom is -0.493 e. The SMILES string of the molecule is CCN(CC)CCNC(=O)c1cc(Cl)c(OCC(C)C)c(OC)c1. The molecular formula is C18H29ClN2O3. The van der Waals surface area contributed by atoms with E-state index in [1.807, 2.05) is 0 Å². The van der Waals surface area contributed by atoms with Crippen LogP contribution < -0.4 is 14.8 Å². The average molecular weight is 357 g/mol. The first kappa shape index (κ1) is 20.6. The number of hydrogen-bond donors (Lipinski definition) is 1. The fourth-order valence-corrected chi connectivity index (χ4v) is 2.48. The first-order chi connectivity index (χ1) is 11.4. The number of hydrogen-bond acceptors (Lipinski definition) is 4. The van der Waals surface area contributed by atoms with Crippen LogP contribution in [0.4, 0.5) is 0 Å². The molecule has 1 aromatic carbocycles. The fraction of sp³-hybridized carbons (Fsp3) is 0.611. The molecule has 0 aliphatic carbocycles. The number of halogens is 1. The highest BCUT2D eigenvalue weighted by molar-refractivity contribution is 6.32. The topological polar surface area (TPSA) is 50.8 Å². The molecule has 0 spiro atoms. The Morgan fingerprint density at radius 2 is 1.96 bits per heavy atom. The molecule has 0 unspecified atom stereocenters. The van der Waals surface area contributed by atoms with Gasteiger partial charge in [0.05, 0.1) is 18.7 Å². The molecule has 1 N–H and O–H groups in total. The van der Waals surface area contributed by atoms with E-state index in [0.29, 0.717) is 41.2 Å². The molecule has 0 fully saturated rings. The van der Waals surface area contributed by atoms with Gasteiger partial charge < -0.3 is 19.7 Å². The van der Waals surface area contributed by atoms with Gasteiger partial charge in [-0.3, -0.25) is 4.79 Å². The van der Waals surface area contributed by atoms with Gasteiger partial charge in [0, 0.05) is 18.7 Å². The van der Waals surface area contributed by atoms with Gasteiger partial charge in [0.1, 0.15) is 0 Å². The summed E-state index contributed by atoms with van der Waals surface area (Å²) < 4.78 is 11.0. The maximum absolute atomic E-state index is 12.3. The Hall–Kier alpha value is -1.46. The van der Waals surface area contributed by atoms with Gasteiger partial charge in [-0.05, 0) is 31.1 Å². The standard InChI is InChI=1S/C18H29ClN2O3/c1-6-21(7-2)9-8-20-18(22)14-10-15(19)17(16(11-14)23-5)24-12-13(3)4/h10-11,13H,6-9,12H2,1-5H3,(H,20,22). The Bertz CT molecular complexity index is 531. The molecule has 0 aromatic heterocycles. The Balaban J connectivity index is 2.77. The van der Waals surface area contributed by atoms with Crippen LogP contribution in [0.2, 0.25) is 5.02 Å². The second kappa shape index (κ2) is 10.4. The monoisotopic (exact) mass is 356 g/mol. The van der Waals surface area contributed by atoms with E-state index in [0.717, 1.165) is 19.6 Å². The van der Waals surface area contributed by atoms with Crippen molar-refractivity contribution >= 4 is 17.5 Å². The summed E-state index contributed by atoms with van der Waals surface area (Å²) in [5.41, 5.74) is 0.466. The lowest BCUT2D eigenvalue weighted by Crippen LogP contribution is -2.34. The number of ether oxygens (including phenoxy) is 2. The summed E-state index contributed by atoms with van der Waals surface area (Å²) in [4.78, 5) is 14.6. The molecule has 0 saturated heterocycles. The largest absolute Gasteiger partial charge is 0.493 e. The van der Waals surface area contributed by atoms with E-state index in [1.165, 1.54) is 7.11 Å². The number of benzene rings is 1. The van der Waals surface area contributed by atoms with Gasteiger partial charge in [-0.2, -0.15) is 0 Å². The zero-order valence-electron chi connectivity index (χ0n) is 15.3. The number of methoxy groups -OCH3 is 1. The van der Waals surface area contributed by atoms with Crippen LogP contribution in [-0.2, 0) is 0 Å². The number of amides is 1. The van der Waals surface area contributed by atoms with Crippen molar-refractivity contribution in [2.45, 2.75) is 27.7 Å². The van der Waals surface area contributed by atoms with Crippen LogP contribution in [0.3, 0.4) is 0 Å². The Labute approximate surface area is 150 Å². The zero-order chi connectivity index (χ0) is 18.1. The van der Waals surface area contributed by atoms with Gasteiger partial charge in [0.2, 0.25) is 0 Å². The van der Waals surface area contributed by atoms with Crippen LogP contribution in [0, 0.1) is 5.92 Å². The predicted octanol–water partition coefficient (Wildman–Crippen LogP) is 3.46. The highest BCUT2D eigenvalue weighted by atomic mass is 35.5. The van der Waals surface area contributed by atoms with E-state index < -0.39 is 0 Å². The Morgan fingerprint density at radius 3 is 2.50 bits per heavy atom. The highest BCUT2D eigenvalue weighted by Gasteiger charge is 2.16. The molecule has 1 amide bonds. The smallest absolute Gasteiger partial charge is 0.251 e. The van der Waals surface area contributed by atoms with Crippen molar-refractivity contribution in [2.24, 2.45) is 5.92 Å². The molecule has 1 rings (SSSR count). The maximum Gasteiger partial charge on any atom is 0.251 e. The molecule has 136 valence electrons. The number of likely N-dealkylation sites (N-methyl/N-ethyl adjacent to an activating group) is 1. The molecule has 5 nitrogen and oxygen atoms in total. The van der Waals surface area contributed by atoms with Gasteiger partial charge in [0.25, 0.3) is 5.91 Å². The fourth-order valence-electron chi connectivity index (χ4n) is 2.21. The molecule has 0 radical (unpaired) electrons. The van der Waals surface area contributed by atoms with Gasteiger partial charge in [-0.15, -0.1) is 0 Å². The normalized spacial score (nSPS) is 11.0. The summed E-state index contributed by atoms with van der Waals surface area (Å²) in [5.74, 6) is 1.15. The van der Waals surface area contributed by atoms with E-state index in [2.05, 4.69) is 37.9 Å². The van der Waals surface area contributed by atoms with Gasteiger partial charge in [0.15, 0.2) is 11.5 Å². The van der Waals surface area contributed by atoms with E-state index in [-0.39, 0.29) is 5.91 Å². The zero-order valence-corrected chi connectivity index (χ0v) is 16.1. The second-order valence-corrected chi connectivity index (χ2v) is 6.38. The third-order valence-electron chi connectivity index (χ3n) is 3.66. The quantitative estimate of drug-likeness (QED) is 0.697. The van der Waals surface area contributed by atoms with Crippen molar-refractivity contribution < 1.29 is 14.3 Å². The van der Waals surface area contributed by atoms with E-state index in [1.54, 1.807) is 12.1 Å². The lowest BCUT2D eigenvalue weighted by atomic mass is 10.1. The lowest BCUT2D eigenvalue weighted by molar-refractivity contribution is 0.0948. The minimum absolute atomic E-state index is 0.169. The summed E-state index contributed by atoms with van der Waals surface area (Å²) in [6, 6.07) is 3.28. The van der Waals surface area contributed by atoms with E-state index in [4.69, 9.17) is 21.1 Å². The molecule has 0 bridgehead atoms. The first-order valence-corrected chi connectivity index (χ1v) is 8.81. The third kappa shape index (κ3) is 6.21. The van der Waals surface area contributed by atoms with Crippen LogP contribution in [0.25, 0.3) is 0 Å². The van der Waals surface area contributed by atoms with E-state index in [9.17, 15) is 4.79 Å². The van der Waals surface area contributed by atoms with Crippen LogP contribution in [-0.4, -0.2) is 50.7 Å². The van der Waals surface area contributed by atoms with E-state index >= 15 is 0 Å². The summed E-state index contributed by atoms with van der Waals surface area (Å²) in [6.45, 7) is 12.2. The van der Waals surface area contributed by atoms with Crippen molar-refractivity contribution in [3.63, 3.8) is 0 Å². The number of nitrogens with one attached hydrogen (secondary N) is 1. The van der Waals surface area contributed by atoms with Gasteiger partial charge in [-0.1, -0.05) is 39.3 Å². The summed E-state index contributed by atoms with van der Waals surface area (Å²) >= 11 is 6.28. The number of carbonyl (C=O) groups is 1. The Morgan fingerprint density at radius 1 is 1.29 bits per heavy atom. The molecule has 24 heavy (non-hydrogen) atoms. The second-order valence-electron chi connectivity index (χ2n) is 5.98. The van der Waals surface area contributed by atoms with Gasteiger partial charge >= 0.3 is 0 Å². The maximum atomic E-state index is 12.3. The molecule has 0 atom stereocenters. The molecule has 0 aliphatic rings. The van der Waals surface area contributed by atoms with Crippen LogP contribution in [0.1, 0.15) is 38.1 Å². The lowest BCUT2D eigenvalue weighted by Gasteiger charge is -2.18. The van der Waals surface area contributed by atoms with Crippen molar-refractivity contribution in [2.75, 3.05) is 39.9 Å². The van der Waals surface area contributed by atoms with Crippen LogP contribution >= 0.6 is 11.6 Å². The highest BCUT2D eigenvalue weighted by Crippen LogP contribution is 2.36. The van der Waals surface area contributed by atoms with Crippen molar-refractivity contribution in [1.82, 2.24) is 10.2 Å². The van der Waals surface area contributed by atoms with Crippen LogP contribution in [0.5, 0.6) is 11.5 Å². The molecule has 0 heterocycles. The number of nitrogens with zero attached hydrogens (tertiary/aromatic N) is 1. The number of rotatable bonds is 10. The molecular weight excluding hydrogens is 328 g/mol. The molecule has 0 saturated carbocycles. The van der Waals surface area contributed by atoms with Crippen molar-refractivity contribution in [3.05, 3.63) is 22.7 Å². The summed E-state index contributed by atoms with van der Waals surface area (Å²) in [7, 11) is 1.54. The first-order valence-electron chi connectivity index (χ1n) is 8.43. The van der Waals surface area contributed by atoms with Crippen molar-refractivity contribution in [3.8, 4) is 11.5 Å².